The number of carbonyl (C=O) groups excluding carboxylic acids is 2. The molecule has 148 valence electrons. The normalized spacial score (nSPS) is 21.5. The van der Waals surface area contributed by atoms with Crippen molar-refractivity contribution in [3.63, 3.8) is 0 Å². The molecule has 0 spiro atoms. The minimum Gasteiger partial charge on any atom is -0.340 e. The minimum absolute atomic E-state index is 0.0485. The van der Waals surface area contributed by atoms with Crippen LogP contribution in [-0.2, 0) is 14.8 Å². The zero-order valence-corrected chi connectivity index (χ0v) is 16.3. The number of carbonyl (C=O) groups is 2. The largest absolute Gasteiger partial charge is 0.340 e. The van der Waals surface area contributed by atoms with Gasteiger partial charge in [0.1, 0.15) is 0 Å². The van der Waals surface area contributed by atoms with E-state index in [0.717, 1.165) is 12.8 Å². The van der Waals surface area contributed by atoms with Gasteiger partial charge in [-0.25, -0.2) is 8.42 Å². The zero-order chi connectivity index (χ0) is 19.6. The molecule has 3 rings (SSSR count). The van der Waals surface area contributed by atoms with Gasteiger partial charge in [-0.3, -0.25) is 9.59 Å². The van der Waals surface area contributed by atoms with E-state index in [2.05, 4.69) is 0 Å². The lowest BCUT2D eigenvalue weighted by Crippen LogP contribution is -2.49. The first kappa shape index (κ1) is 19.8. The van der Waals surface area contributed by atoms with Crippen LogP contribution >= 0.6 is 0 Å². The van der Waals surface area contributed by atoms with Crippen molar-refractivity contribution in [2.75, 3.05) is 39.3 Å². The monoisotopic (exact) mass is 394 g/mol. The summed E-state index contributed by atoms with van der Waals surface area (Å²) in [7, 11) is -3.64. The second-order valence-electron chi connectivity index (χ2n) is 6.96. The number of amides is 2. The van der Waals surface area contributed by atoms with Crippen molar-refractivity contribution < 1.29 is 18.0 Å². The Morgan fingerprint density at radius 2 is 1.70 bits per heavy atom. The number of hydrogen-bond donors (Lipinski definition) is 1. The van der Waals surface area contributed by atoms with Crippen molar-refractivity contribution in [1.29, 1.82) is 0 Å². The smallest absolute Gasteiger partial charge is 0.254 e. The van der Waals surface area contributed by atoms with E-state index in [1.807, 2.05) is 0 Å². The molecule has 1 aromatic carbocycles. The average Bonchev–Trinajstić information content (AvgIpc) is 3.16. The standard InChI is InChI=1S/C18H26N4O4S/c1-14(23)20-9-11-21(12-10-20)27(25,26)17-6-4-15(5-7-17)18(24)22-8-2-3-16(22)13-19/h4-7,16H,2-3,8-13,19H2,1H3. The molecule has 2 aliphatic rings. The van der Waals surface area contributed by atoms with Crippen molar-refractivity contribution in [1.82, 2.24) is 14.1 Å². The second-order valence-corrected chi connectivity index (χ2v) is 8.90. The van der Waals surface area contributed by atoms with Crippen molar-refractivity contribution in [3.8, 4) is 0 Å². The molecule has 2 aliphatic heterocycles. The zero-order valence-electron chi connectivity index (χ0n) is 15.5. The van der Waals surface area contributed by atoms with Crippen molar-refractivity contribution in [2.45, 2.75) is 30.7 Å². The molecule has 1 aromatic rings. The van der Waals surface area contributed by atoms with Crippen LogP contribution in [0.5, 0.6) is 0 Å². The molecular formula is C18H26N4O4S. The van der Waals surface area contributed by atoms with Crippen LogP contribution in [0.3, 0.4) is 0 Å². The molecule has 1 atom stereocenters. The molecule has 1 unspecified atom stereocenters. The Morgan fingerprint density at radius 3 is 2.26 bits per heavy atom. The second kappa shape index (κ2) is 7.95. The Balaban J connectivity index is 1.71. The Kier molecular flexibility index (Phi) is 5.83. The molecule has 2 N–H and O–H groups in total. The van der Waals surface area contributed by atoms with E-state index < -0.39 is 10.0 Å². The van der Waals surface area contributed by atoms with Crippen LogP contribution in [0.2, 0.25) is 0 Å². The molecule has 2 amide bonds. The molecular weight excluding hydrogens is 368 g/mol. The van der Waals surface area contributed by atoms with Crippen LogP contribution < -0.4 is 5.73 Å². The van der Waals surface area contributed by atoms with Gasteiger partial charge in [-0.05, 0) is 37.1 Å². The summed E-state index contributed by atoms with van der Waals surface area (Å²) in [6.07, 6.45) is 1.84. The van der Waals surface area contributed by atoms with Crippen LogP contribution in [-0.4, -0.2) is 79.6 Å². The number of piperazine rings is 1. The summed E-state index contributed by atoms with van der Waals surface area (Å²) in [5, 5.41) is 0. The Morgan fingerprint density at radius 1 is 1.07 bits per heavy atom. The number of nitrogens with zero attached hydrogens (tertiary/aromatic N) is 3. The van der Waals surface area contributed by atoms with Gasteiger partial charge in [-0.2, -0.15) is 4.31 Å². The molecule has 0 aliphatic carbocycles. The van der Waals surface area contributed by atoms with Crippen LogP contribution in [0.15, 0.2) is 29.2 Å². The molecule has 2 fully saturated rings. The first-order valence-corrected chi connectivity index (χ1v) is 10.7. The first-order valence-electron chi connectivity index (χ1n) is 9.21. The maximum Gasteiger partial charge on any atom is 0.254 e. The Bertz CT molecular complexity index is 801. The summed E-state index contributed by atoms with van der Waals surface area (Å²) in [4.78, 5) is 27.6. The van der Waals surface area contributed by atoms with Crippen LogP contribution in [0.25, 0.3) is 0 Å². The topological polar surface area (TPSA) is 104 Å². The summed E-state index contributed by atoms with van der Waals surface area (Å²) >= 11 is 0. The molecule has 27 heavy (non-hydrogen) atoms. The summed E-state index contributed by atoms with van der Waals surface area (Å²) in [6.45, 7) is 3.92. The van der Waals surface area contributed by atoms with Gasteiger partial charge < -0.3 is 15.5 Å². The summed E-state index contributed by atoms with van der Waals surface area (Å²) < 4.78 is 27.0. The van der Waals surface area contributed by atoms with Gasteiger partial charge in [0.2, 0.25) is 15.9 Å². The minimum atomic E-state index is -3.64. The van der Waals surface area contributed by atoms with Crippen molar-refractivity contribution in [2.24, 2.45) is 5.73 Å². The van der Waals surface area contributed by atoms with Crippen LogP contribution in [0.4, 0.5) is 0 Å². The summed E-state index contributed by atoms with van der Waals surface area (Å²) in [6, 6.07) is 6.14. The predicted octanol–water partition coefficient (Wildman–Crippen LogP) is 0.103. The number of likely N-dealkylation sites (tertiary alicyclic amines) is 1. The lowest BCUT2D eigenvalue weighted by atomic mass is 10.1. The van der Waals surface area contributed by atoms with E-state index >= 15 is 0 Å². The molecule has 2 heterocycles. The SMILES string of the molecule is CC(=O)N1CCN(S(=O)(=O)c2ccc(C(=O)N3CCCC3CN)cc2)CC1. The van der Waals surface area contributed by atoms with Crippen LogP contribution in [0.1, 0.15) is 30.1 Å². The van der Waals surface area contributed by atoms with Crippen molar-refractivity contribution >= 4 is 21.8 Å². The highest BCUT2D eigenvalue weighted by molar-refractivity contribution is 7.89. The molecule has 0 saturated carbocycles. The maximum absolute atomic E-state index is 12.8. The van der Waals surface area contributed by atoms with Gasteiger partial charge in [0, 0.05) is 57.8 Å². The lowest BCUT2D eigenvalue weighted by Gasteiger charge is -2.33. The fourth-order valence-electron chi connectivity index (χ4n) is 3.68. The van der Waals surface area contributed by atoms with E-state index in [0.29, 0.717) is 31.7 Å². The highest BCUT2D eigenvalue weighted by Crippen LogP contribution is 2.22. The fraction of sp³-hybridized carbons (Fsp3) is 0.556. The van der Waals surface area contributed by atoms with Gasteiger partial charge in [0.25, 0.3) is 5.91 Å². The van der Waals surface area contributed by atoms with Gasteiger partial charge >= 0.3 is 0 Å². The Hall–Kier alpha value is -1.97. The van der Waals surface area contributed by atoms with Crippen molar-refractivity contribution in [3.05, 3.63) is 29.8 Å². The third kappa shape index (κ3) is 3.99. The summed E-state index contributed by atoms with van der Waals surface area (Å²) in [5.41, 5.74) is 6.20. The fourth-order valence-corrected chi connectivity index (χ4v) is 5.10. The van der Waals surface area contributed by atoms with E-state index in [4.69, 9.17) is 5.73 Å². The van der Waals surface area contributed by atoms with E-state index in [1.165, 1.54) is 23.4 Å². The Labute approximate surface area is 160 Å². The predicted molar refractivity (Wildman–Crippen MR) is 101 cm³/mol. The van der Waals surface area contributed by atoms with Gasteiger partial charge in [0.15, 0.2) is 0 Å². The third-order valence-corrected chi connectivity index (χ3v) is 7.25. The van der Waals surface area contributed by atoms with Gasteiger partial charge in [-0.1, -0.05) is 0 Å². The number of nitrogens with two attached hydrogens (primary N) is 1. The number of benzene rings is 1. The molecule has 2 saturated heterocycles. The quantitative estimate of drug-likeness (QED) is 0.780. The number of rotatable bonds is 4. The van der Waals surface area contributed by atoms with E-state index in [-0.39, 0.29) is 35.8 Å². The maximum atomic E-state index is 12.8. The number of sulfonamides is 1. The molecule has 0 radical (unpaired) electrons. The van der Waals surface area contributed by atoms with E-state index in [9.17, 15) is 18.0 Å². The van der Waals surface area contributed by atoms with Gasteiger partial charge in [0.05, 0.1) is 4.90 Å². The lowest BCUT2D eigenvalue weighted by molar-refractivity contribution is -0.129. The molecule has 8 nitrogen and oxygen atoms in total. The molecule has 0 aromatic heterocycles. The molecule has 0 bridgehead atoms. The highest BCUT2D eigenvalue weighted by atomic mass is 32.2. The average molecular weight is 394 g/mol. The van der Waals surface area contributed by atoms with Gasteiger partial charge in [-0.15, -0.1) is 0 Å². The van der Waals surface area contributed by atoms with Crippen LogP contribution in [0, 0.1) is 0 Å². The summed E-state index contributed by atoms with van der Waals surface area (Å²) in [5.74, 6) is -0.158. The first-order chi connectivity index (χ1) is 12.8. The number of hydrogen-bond acceptors (Lipinski definition) is 5. The van der Waals surface area contributed by atoms with E-state index in [1.54, 1.807) is 21.9 Å². The molecule has 9 heteroatoms. The third-order valence-electron chi connectivity index (χ3n) is 5.33. The highest BCUT2D eigenvalue weighted by Gasteiger charge is 2.31.